The third-order valence-corrected chi connectivity index (χ3v) is 10.2. The average Bonchev–Trinajstić information content (AvgIpc) is 4.07. The van der Waals surface area contributed by atoms with E-state index in [2.05, 4.69) is 204 Å². The van der Waals surface area contributed by atoms with Crippen LogP contribution in [0, 0.1) is 0 Å². The Labute approximate surface area is 313 Å². The number of aromatic amines is 2. The van der Waals surface area contributed by atoms with Crippen molar-refractivity contribution < 1.29 is 0 Å². The van der Waals surface area contributed by atoms with E-state index in [1.807, 2.05) is 0 Å². The summed E-state index contributed by atoms with van der Waals surface area (Å²) in [6.07, 6.45) is 4.29. The molecule has 10 rings (SSSR count). The molecule has 3 aromatic heterocycles. The lowest BCUT2D eigenvalue weighted by atomic mass is 9.95. The molecule has 2 aliphatic heterocycles. The van der Waals surface area contributed by atoms with E-state index in [1.165, 1.54) is 0 Å². The topological polar surface area (TPSA) is 56.8 Å². The van der Waals surface area contributed by atoms with Gasteiger partial charge in [-0.1, -0.05) is 152 Å². The molecule has 0 aliphatic carbocycles. The molecule has 0 radical (unpaired) electrons. The lowest BCUT2D eigenvalue weighted by Crippen LogP contribution is -2.01. The first-order valence-corrected chi connectivity index (χ1v) is 18.3. The van der Waals surface area contributed by atoms with Crippen LogP contribution in [0.4, 0.5) is 5.69 Å². The molecule has 4 heteroatoms. The second-order valence-electron chi connectivity index (χ2n) is 13.5. The summed E-state index contributed by atoms with van der Waals surface area (Å²) < 4.78 is 0. The molecule has 0 saturated carbocycles. The minimum absolute atomic E-state index is 0.891. The molecule has 5 heterocycles. The number of hydrogen-bond acceptors (Lipinski definition) is 2. The van der Waals surface area contributed by atoms with Gasteiger partial charge in [-0.3, -0.25) is 0 Å². The third kappa shape index (κ3) is 5.58. The van der Waals surface area contributed by atoms with Gasteiger partial charge >= 0.3 is 0 Å². The molecular formula is C50H34N4. The summed E-state index contributed by atoms with van der Waals surface area (Å²) in [7, 11) is 0. The van der Waals surface area contributed by atoms with Crippen molar-refractivity contribution in [3.63, 3.8) is 0 Å². The van der Waals surface area contributed by atoms with Crippen LogP contribution in [-0.4, -0.2) is 20.7 Å². The van der Waals surface area contributed by atoms with Crippen LogP contribution in [0.5, 0.6) is 0 Å². The second kappa shape index (κ2) is 13.4. The molecular weight excluding hydrogens is 657 g/mol. The van der Waals surface area contributed by atoms with Crippen molar-refractivity contribution in [1.29, 1.82) is 0 Å². The van der Waals surface area contributed by atoms with Gasteiger partial charge in [-0.15, -0.1) is 0 Å². The molecule has 8 aromatic rings. The van der Waals surface area contributed by atoms with Crippen LogP contribution < -0.4 is 0 Å². The van der Waals surface area contributed by atoms with Gasteiger partial charge in [0.2, 0.25) is 0 Å². The van der Waals surface area contributed by atoms with Crippen molar-refractivity contribution in [2.45, 2.75) is 0 Å². The molecule has 254 valence electrons. The Morgan fingerprint density at radius 1 is 0.333 bits per heavy atom. The first-order valence-electron chi connectivity index (χ1n) is 18.3. The smallest absolute Gasteiger partial charge is 0.0789 e. The number of hydrogen-bond donors (Lipinski definition) is 2. The molecule has 2 aliphatic rings. The van der Waals surface area contributed by atoms with E-state index in [9.17, 15) is 0 Å². The summed E-state index contributed by atoms with van der Waals surface area (Å²) in [4.78, 5) is 18.7. The Morgan fingerprint density at radius 3 is 1.13 bits per heavy atom. The highest BCUT2D eigenvalue weighted by atomic mass is 14.8. The Bertz CT molecular complexity index is 2890. The van der Waals surface area contributed by atoms with Crippen molar-refractivity contribution >= 4 is 45.6 Å². The normalized spacial score (nSPS) is 12.1. The second-order valence-corrected chi connectivity index (χ2v) is 13.5. The molecule has 8 bridgehead atoms. The number of H-pyrrole nitrogens is 2. The van der Waals surface area contributed by atoms with Crippen LogP contribution in [0.1, 0.15) is 22.5 Å². The van der Waals surface area contributed by atoms with Crippen molar-refractivity contribution in [3.8, 4) is 44.5 Å². The van der Waals surface area contributed by atoms with E-state index in [-0.39, 0.29) is 0 Å². The minimum Gasteiger partial charge on any atom is -0.354 e. The highest BCUT2D eigenvalue weighted by molar-refractivity contribution is 6.22. The molecule has 0 spiro atoms. The van der Waals surface area contributed by atoms with Gasteiger partial charge in [0.15, 0.2) is 0 Å². The molecule has 0 saturated heterocycles. The summed E-state index contributed by atoms with van der Waals surface area (Å²) in [5.41, 5.74) is 18.2. The fraction of sp³-hybridized carbons (Fsp3) is 0. The quantitative estimate of drug-likeness (QED) is 0.186. The fourth-order valence-corrected chi connectivity index (χ4v) is 7.77. The van der Waals surface area contributed by atoms with E-state index >= 15 is 0 Å². The summed E-state index contributed by atoms with van der Waals surface area (Å²) in [5.74, 6) is 0. The van der Waals surface area contributed by atoms with Crippen molar-refractivity contribution in [1.82, 2.24) is 15.0 Å². The maximum atomic E-state index is 5.54. The predicted octanol–water partition coefficient (Wildman–Crippen LogP) is 12.9. The van der Waals surface area contributed by atoms with E-state index in [0.717, 1.165) is 100 Å². The average molecular weight is 691 g/mol. The Morgan fingerprint density at radius 2 is 0.685 bits per heavy atom. The van der Waals surface area contributed by atoms with Crippen molar-refractivity contribution in [2.24, 2.45) is 4.99 Å². The maximum absolute atomic E-state index is 5.54. The SMILES string of the molecule is C1=Cc2nc1c(-c1ccccc1)c1ccc([nH]1)c(-c1ccccc1)c1cc(c(-c3ccccc3)c3ccc([nH]3)c2-c2ccccc2)C(c2ccccc2)=N1. The van der Waals surface area contributed by atoms with Gasteiger partial charge < -0.3 is 9.97 Å². The van der Waals surface area contributed by atoms with Crippen LogP contribution in [0.15, 0.2) is 187 Å². The fourth-order valence-electron chi connectivity index (χ4n) is 7.77. The van der Waals surface area contributed by atoms with Crippen LogP contribution in [0.2, 0.25) is 0 Å². The first-order chi connectivity index (χ1) is 26.8. The summed E-state index contributed by atoms with van der Waals surface area (Å²) in [5, 5.41) is 0. The van der Waals surface area contributed by atoms with Crippen LogP contribution in [0.25, 0.3) is 78.7 Å². The lowest BCUT2D eigenvalue weighted by molar-refractivity contribution is 1.32. The molecule has 5 aromatic carbocycles. The molecule has 54 heavy (non-hydrogen) atoms. The van der Waals surface area contributed by atoms with Gasteiger partial charge in [-0.05, 0) is 64.7 Å². The zero-order valence-corrected chi connectivity index (χ0v) is 29.4. The van der Waals surface area contributed by atoms with E-state index in [0.29, 0.717) is 0 Å². The monoisotopic (exact) mass is 690 g/mol. The number of benzene rings is 5. The summed E-state index contributed by atoms with van der Waals surface area (Å²) >= 11 is 0. The zero-order valence-electron chi connectivity index (χ0n) is 29.4. The third-order valence-electron chi connectivity index (χ3n) is 10.2. The minimum atomic E-state index is 0.891. The summed E-state index contributed by atoms with van der Waals surface area (Å²) in [6.45, 7) is 0. The number of aliphatic imine (C=N–C) groups is 1. The van der Waals surface area contributed by atoms with Gasteiger partial charge in [0.05, 0.1) is 22.8 Å². The lowest BCUT2D eigenvalue weighted by Gasteiger charge is -2.09. The Kier molecular flexibility index (Phi) is 7.77. The Hall–Kier alpha value is -7.30. The van der Waals surface area contributed by atoms with Gasteiger partial charge in [-0.2, -0.15) is 0 Å². The van der Waals surface area contributed by atoms with E-state index in [4.69, 9.17) is 9.98 Å². The van der Waals surface area contributed by atoms with Crippen LogP contribution >= 0.6 is 0 Å². The number of nitrogens with one attached hydrogen (secondary N) is 2. The number of aromatic nitrogens is 3. The van der Waals surface area contributed by atoms with Crippen LogP contribution in [-0.2, 0) is 0 Å². The van der Waals surface area contributed by atoms with E-state index in [1.54, 1.807) is 0 Å². The molecule has 0 unspecified atom stereocenters. The molecule has 2 N–H and O–H groups in total. The Balaban J connectivity index is 1.44. The largest absolute Gasteiger partial charge is 0.354 e. The standard InChI is InChI=1S/C50H34N4/c1-6-16-33(17-7-1)46-38-32-45(54-50(38)37-24-14-5-15-25-37)49(36-22-12-4-13-23-36)44-31-30-43(53-44)48(35-20-10-3-11-21-35)42-29-28-41(52-42)47(34-18-8-2-9-19-34)40-27-26-39(46)51-40/h1-32,51,53H. The first kappa shape index (κ1) is 31.4. The number of rotatable bonds is 5. The molecule has 4 nitrogen and oxygen atoms in total. The van der Waals surface area contributed by atoms with Gasteiger partial charge in [0, 0.05) is 55.4 Å². The molecule has 0 atom stereocenters. The van der Waals surface area contributed by atoms with Gasteiger partial charge in [-0.25, -0.2) is 9.98 Å². The van der Waals surface area contributed by atoms with Gasteiger partial charge in [0.25, 0.3) is 0 Å². The van der Waals surface area contributed by atoms with Crippen molar-refractivity contribution in [3.05, 3.63) is 205 Å². The van der Waals surface area contributed by atoms with E-state index < -0.39 is 0 Å². The summed E-state index contributed by atoms with van der Waals surface area (Å²) in [6, 6.07) is 63.8. The van der Waals surface area contributed by atoms with Gasteiger partial charge in [0.1, 0.15) is 0 Å². The van der Waals surface area contributed by atoms with Crippen LogP contribution in [0.3, 0.4) is 0 Å². The molecule has 0 amide bonds. The zero-order chi connectivity index (χ0) is 35.8. The number of fused-ring (bicyclic) bond motifs is 8. The highest BCUT2D eigenvalue weighted by Crippen LogP contribution is 2.42. The van der Waals surface area contributed by atoms with Crippen molar-refractivity contribution in [2.75, 3.05) is 0 Å². The number of nitrogens with zero attached hydrogens (tertiary/aromatic N) is 2. The molecule has 0 fully saturated rings. The predicted molar refractivity (Wildman–Crippen MR) is 226 cm³/mol. The maximum Gasteiger partial charge on any atom is 0.0789 e. The highest BCUT2D eigenvalue weighted by Gasteiger charge is 2.23.